The zero-order valence-corrected chi connectivity index (χ0v) is 10.8. The van der Waals surface area contributed by atoms with Crippen LogP contribution < -0.4 is 10.5 Å². The van der Waals surface area contributed by atoms with E-state index in [9.17, 15) is 8.42 Å². The van der Waals surface area contributed by atoms with Crippen LogP contribution in [0.4, 0.5) is 5.69 Å². The number of rotatable bonds is 5. The molecule has 0 amide bonds. The normalized spacial score (nSPS) is 12.6. The van der Waals surface area contributed by atoms with Gasteiger partial charge < -0.3 is 10.8 Å². The molecule has 0 radical (unpaired) electrons. The van der Waals surface area contributed by atoms with Gasteiger partial charge in [-0.2, -0.15) is 0 Å². The molecule has 0 unspecified atom stereocenters. The van der Waals surface area contributed by atoms with E-state index in [4.69, 9.17) is 10.8 Å². The maximum Gasteiger partial charge on any atom is 0.241 e. The highest BCUT2D eigenvalue weighted by atomic mass is 32.2. The standard InChI is InChI=1S/C11H18N2O3S/c1-11(2,6-7-14)13-17(15,16)10-5-3-4-9(12)8-10/h3-5,8,13-14H,6-7,12H2,1-2H3. The Hall–Kier alpha value is -1.11. The minimum atomic E-state index is -3.60. The number of nitrogen functional groups attached to an aromatic ring is 1. The third-order valence-corrected chi connectivity index (χ3v) is 4.01. The number of aliphatic hydroxyl groups is 1. The van der Waals surface area contributed by atoms with E-state index in [1.54, 1.807) is 26.0 Å². The highest BCUT2D eigenvalue weighted by molar-refractivity contribution is 7.89. The molecule has 6 heteroatoms. The summed E-state index contributed by atoms with van der Waals surface area (Å²) in [5.41, 5.74) is 5.25. The van der Waals surface area contributed by atoms with Gasteiger partial charge in [-0.1, -0.05) is 6.07 Å². The van der Waals surface area contributed by atoms with Gasteiger partial charge in [0, 0.05) is 17.8 Å². The number of nitrogens with two attached hydrogens (primary N) is 1. The van der Waals surface area contributed by atoms with Gasteiger partial charge in [0.2, 0.25) is 10.0 Å². The van der Waals surface area contributed by atoms with Crippen molar-refractivity contribution < 1.29 is 13.5 Å². The molecule has 0 aromatic heterocycles. The zero-order chi connectivity index (χ0) is 13.1. The first kappa shape index (κ1) is 14.0. The quantitative estimate of drug-likeness (QED) is 0.678. The molecule has 0 heterocycles. The summed E-state index contributed by atoms with van der Waals surface area (Å²) in [7, 11) is -3.60. The van der Waals surface area contributed by atoms with Gasteiger partial charge in [-0.05, 0) is 38.5 Å². The molecule has 17 heavy (non-hydrogen) atoms. The van der Waals surface area contributed by atoms with Crippen molar-refractivity contribution in [2.45, 2.75) is 30.7 Å². The highest BCUT2D eigenvalue weighted by Gasteiger charge is 2.25. The SMILES string of the molecule is CC(C)(CCO)NS(=O)(=O)c1cccc(N)c1. The number of anilines is 1. The van der Waals surface area contributed by atoms with Gasteiger partial charge in [0.1, 0.15) is 0 Å². The molecule has 1 aromatic carbocycles. The summed E-state index contributed by atoms with van der Waals surface area (Å²) >= 11 is 0. The second kappa shape index (κ2) is 5.03. The minimum absolute atomic E-state index is 0.0769. The summed E-state index contributed by atoms with van der Waals surface area (Å²) in [6.07, 6.45) is 0.342. The van der Waals surface area contributed by atoms with Crippen LogP contribution >= 0.6 is 0 Å². The number of nitrogens with one attached hydrogen (secondary N) is 1. The van der Waals surface area contributed by atoms with Gasteiger partial charge in [-0.15, -0.1) is 0 Å². The molecule has 0 saturated carbocycles. The first-order valence-corrected chi connectivity index (χ1v) is 6.75. The predicted octanol–water partition coefficient (Wildman–Crippen LogP) is 0.708. The van der Waals surface area contributed by atoms with E-state index in [0.717, 1.165) is 0 Å². The van der Waals surface area contributed by atoms with Crippen LogP contribution in [0.25, 0.3) is 0 Å². The molecular formula is C11H18N2O3S. The van der Waals surface area contributed by atoms with Crippen LogP contribution in [-0.4, -0.2) is 25.7 Å². The molecule has 0 aliphatic heterocycles. The van der Waals surface area contributed by atoms with Crippen LogP contribution in [-0.2, 0) is 10.0 Å². The number of benzene rings is 1. The number of hydrogen-bond donors (Lipinski definition) is 3. The molecular weight excluding hydrogens is 240 g/mol. The number of hydrogen-bond acceptors (Lipinski definition) is 4. The van der Waals surface area contributed by atoms with Gasteiger partial charge in [0.15, 0.2) is 0 Å². The van der Waals surface area contributed by atoms with Crippen LogP contribution in [0.3, 0.4) is 0 Å². The van der Waals surface area contributed by atoms with Crippen LogP contribution in [0.15, 0.2) is 29.2 Å². The zero-order valence-electron chi connectivity index (χ0n) is 9.97. The topological polar surface area (TPSA) is 92.4 Å². The maximum atomic E-state index is 12.0. The third-order valence-electron chi connectivity index (χ3n) is 2.32. The van der Waals surface area contributed by atoms with Crippen molar-refractivity contribution in [3.63, 3.8) is 0 Å². The molecule has 0 saturated heterocycles. The van der Waals surface area contributed by atoms with E-state index in [1.807, 2.05) is 0 Å². The summed E-state index contributed by atoms with van der Waals surface area (Å²) in [5, 5.41) is 8.86. The van der Waals surface area contributed by atoms with Gasteiger partial charge in [0.25, 0.3) is 0 Å². The molecule has 0 spiro atoms. The number of aliphatic hydroxyl groups excluding tert-OH is 1. The lowest BCUT2D eigenvalue weighted by atomic mass is 10.0. The summed E-state index contributed by atoms with van der Waals surface area (Å²) in [4.78, 5) is 0.128. The minimum Gasteiger partial charge on any atom is -0.399 e. The molecule has 1 aromatic rings. The fraction of sp³-hybridized carbons (Fsp3) is 0.455. The Kier molecular flexibility index (Phi) is 4.13. The summed E-state index contributed by atoms with van der Waals surface area (Å²) in [5.74, 6) is 0. The van der Waals surface area contributed by atoms with Crippen molar-refractivity contribution in [3.05, 3.63) is 24.3 Å². The van der Waals surface area contributed by atoms with E-state index in [1.165, 1.54) is 12.1 Å². The molecule has 5 nitrogen and oxygen atoms in total. The van der Waals surface area contributed by atoms with Gasteiger partial charge in [-0.3, -0.25) is 0 Å². The predicted molar refractivity (Wildman–Crippen MR) is 67.0 cm³/mol. The van der Waals surface area contributed by atoms with Crippen molar-refractivity contribution in [3.8, 4) is 0 Å². The van der Waals surface area contributed by atoms with E-state index in [0.29, 0.717) is 12.1 Å². The first-order valence-electron chi connectivity index (χ1n) is 5.27. The van der Waals surface area contributed by atoms with Crippen molar-refractivity contribution in [2.24, 2.45) is 0 Å². The van der Waals surface area contributed by atoms with Crippen LogP contribution in [0.5, 0.6) is 0 Å². The Morgan fingerprint density at radius 3 is 2.59 bits per heavy atom. The van der Waals surface area contributed by atoms with Crippen LogP contribution in [0.2, 0.25) is 0 Å². The second-order valence-electron chi connectivity index (χ2n) is 4.54. The molecule has 0 atom stereocenters. The van der Waals surface area contributed by atoms with Gasteiger partial charge >= 0.3 is 0 Å². The lowest BCUT2D eigenvalue weighted by molar-refractivity contribution is 0.246. The molecule has 0 bridgehead atoms. The Balaban J connectivity index is 2.97. The Bertz CT molecular complexity index is 483. The van der Waals surface area contributed by atoms with Crippen molar-refractivity contribution in [1.29, 1.82) is 0 Å². The molecule has 0 aliphatic rings. The van der Waals surface area contributed by atoms with E-state index in [-0.39, 0.29) is 11.5 Å². The lowest BCUT2D eigenvalue weighted by Crippen LogP contribution is -2.43. The average molecular weight is 258 g/mol. The first-order chi connectivity index (χ1) is 7.77. The average Bonchev–Trinajstić information content (AvgIpc) is 2.15. The Morgan fingerprint density at radius 2 is 2.06 bits per heavy atom. The van der Waals surface area contributed by atoms with Crippen molar-refractivity contribution in [1.82, 2.24) is 4.72 Å². The van der Waals surface area contributed by atoms with Crippen molar-refractivity contribution in [2.75, 3.05) is 12.3 Å². The second-order valence-corrected chi connectivity index (χ2v) is 6.22. The van der Waals surface area contributed by atoms with Gasteiger partial charge in [0.05, 0.1) is 4.90 Å². The monoisotopic (exact) mass is 258 g/mol. The summed E-state index contributed by atoms with van der Waals surface area (Å²) in [6.45, 7) is 3.35. The fourth-order valence-corrected chi connectivity index (χ4v) is 2.93. The van der Waals surface area contributed by atoms with Crippen LogP contribution in [0, 0.1) is 0 Å². The Labute approximate surface area is 102 Å². The van der Waals surface area contributed by atoms with Crippen LogP contribution in [0.1, 0.15) is 20.3 Å². The van der Waals surface area contributed by atoms with E-state index >= 15 is 0 Å². The fourth-order valence-electron chi connectivity index (χ4n) is 1.43. The summed E-state index contributed by atoms with van der Waals surface area (Å²) in [6, 6.07) is 6.09. The molecule has 0 aliphatic carbocycles. The molecule has 96 valence electrons. The summed E-state index contributed by atoms with van der Waals surface area (Å²) < 4.78 is 26.6. The highest BCUT2D eigenvalue weighted by Crippen LogP contribution is 2.17. The molecule has 1 rings (SSSR count). The number of sulfonamides is 1. The third kappa shape index (κ3) is 3.99. The maximum absolute atomic E-state index is 12.0. The Morgan fingerprint density at radius 1 is 1.41 bits per heavy atom. The van der Waals surface area contributed by atoms with E-state index < -0.39 is 15.6 Å². The van der Waals surface area contributed by atoms with Crippen molar-refractivity contribution >= 4 is 15.7 Å². The molecule has 0 fully saturated rings. The van der Waals surface area contributed by atoms with E-state index in [2.05, 4.69) is 4.72 Å². The van der Waals surface area contributed by atoms with Gasteiger partial charge in [-0.25, -0.2) is 13.1 Å². The lowest BCUT2D eigenvalue weighted by Gasteiger charge is -2.25. The molecule has 4 N–H and O–H groups in total. The largest absolute Gasteiger partial charge is 0.399 e. The smallest absolute Gasteiger partial charge is 0.241 e.